The summed E-state index contributed by atoms with van der Waals surface area (Å²) in [6.07, 6.45) is -0.311. The van der Waals surface area contributed by atoms with Gasteiger partial charge in [-0.25, -0.2) is 4.79 Å². The zero-order valence-corrected chi connectivity index (χ0v) is 9.35. The van der Waals surface area contributed by atoms with Gasteiger partial charge in [-0.1, -0.05) is 0 Å². The monoisotopic (exact) mass is 250 g/mol. The number of carboxylic acid groups (broad SMARTS) is 1. The second-order valence-corrected chi connectivity index (χ2v) is 3.51. The van der Waals surface area contributed by atoms with E-state index in [4.69, 9.17) is 16.6 Å². The van der Waals surface area contributed by atoms with E-state index in [-0.39, 0.29) is 6.42 Å². The topological polar surface area (TPSA) is 133 Å². The minimum absolute atomic E-state index is 0.264. The molecule has 5 N–H and O–H groups in total. The highest BCUT2D eigenvalue weighted by molar-refractivity contribution is 7.80. The molecule has 2 atom stereocenters. The Balaban J connectivity index is 4.05. The molecule has 0 aliphatic carbocycles. The third-order valence-corrected chi connectivity index (χ3v) is 1.92. The van der Waals surface area contributed by atoms with E-state index in [0.29, 0.717) is 5.75 Å². The van der Waals surface area contributed by atoms with E-state index in [9.17, 15) is 14.4 Å². The number of rotatable bonds is 6. The molecule has 16 heavy (non-hydrogen) atoms. The molecule has 0 radical (unpaired) electrons. The van der Waals surface area contributed by atoms with Gasteiger partial charge in [0, 0.05) is 0 Å². The molecule has 0 amide bonds. The zero-order valence-electron chi connectivity index (χ0n) is 8.46. The molecule has 0 rings (SSSR count). The van der Waals surface area contributed by atoms with Gasteiger partial charge in [0.15, 0.2) is 0 Å². The molecule has 92 valence electrons. The van der Waals surface area contributed by atoms with Crippen LogP contribution in [0.15, 0.2) is 0 Å². The Morgan fingerprint density at radius 3 is 2.25 bits per heavy atom. The van der Waals surface area contributed by atoms with Crippen LogP contribution in [-0.2, 0) is 19.1 Å². The number of ether oxygens (including phenoxy) is 1. The third kappa shape index (κ3) is 5.69. The summed E-state index contributed by atoms with van der Waals surface area (Å²) in [5.74, 6) is -2.88. The lowest BCUT2D eigenvalue weighted by molar-refractivity contribution is -0.162. The van der Waals surface area contributed by atoms with E-state index in [1.165, 1.54) is 0 Å². The number of hydrogen-bond acceptors (Lipinski definition) is 7. The Morgan fingerprint density at radius 1 is 1.25 bits per heavy atom. The van der Waals surface area contributed by atoms with Gasteiger partial charge in [-0.15, -0.1) is 0 Å². The van der Waals surface area contributed by atoms with Gasteiger partial charge in [-0.05, 0) is 12.2 Å². The van der Waals surface area contributed by atoms with Gasteiger partial charge in [0.1, 0.15) is 12.1 Å². The van der Waals surface area contributed by atoms with E-state index in [0.717, 1.165) is 0 Å². The Labute approximate surface area is 97.5 Å². The highest BCUT2D eigenvalue weighted by Crippen LogP contribution is 1.98. The molecular formula is C8H14N2O5S. The van der Waals surface area contributed by atoms with Gasteiger partial charge in [-0.2, -0.15) is 12.6 Å². The molecule has 0 saturated heterocycles. The average molecular weight is 250 g/mol. The predicted octanol–water partition coefficient (Wildman–Crippen LogP) is -1.49. The number of carbonyl (C=O) groups is 3. The molecule has 0 heterocycles. The van der Waals surface area contributed by atoms with Gasteiger partial charge < -0.3 is 21.3 Å². The van der Waals surface area contributed by atoms with Crippen molar-refractivity contribution in [1.29, 1.82) is 0 Å². The minimum Gasteiger partial charge on any atom is -0.480 e. The van der Waals surface area contributed by atoms with Gasteiger partial charge in [-0.3, -0.25) is 9.59 Å². The SMILES string of the molecule is N[C@@H](CC(=O)OC(=O)[C@@H](N)CCS)C(=O)O. The number of esters is 2. The average Bonchev–Trinajstić information content (AvgIpc) is 2.17. The van der Waals surface area contributed by atoms with Crippen LogP contribution < -0.4 is 11.5 Å². The maximum Gasteiger partial charge on any atom is 0.330 e. The summed E-state index contributed by atoms with van der Waals surface area (Å²) in [5.41, 5.74) is 10.4. The molecule has 8 heteroatoms. The summed E-state index contributed by atoms with van der Waals surface area (Å²) in [7, 11) is 0. The molecule has 0 spiro atoms. The lowest BCUT2D eigenvalue weighted by Crippen LogP contribution is -2.37. The summed E-state index contributed by atoms with van der Waals surface area (Å²) < 4.78 is 4.31. The molecule has 7 nitrogen and oxygen atoms in total. The lowest BCUT2D eigenvalue weighted by Gasteiger charge is -2.09. The Morgan fingerprint density at radius 2 is 1.81 bits per heavy atom. The van der Waals surface area contributed by atoms with Crippen LogP contribution in [0.2, 0.25) is 0 Å². The fraction of sp³-hybridized carbons (Fsp3) is 0.625. The molecule has 0 unspecified atom stereocenters. The van der Waals surface area contributed by atoms with Gasteiger partial charge >= 0.3 is 17.9 Å². The van der Waals surface area contributed by atoms with Crippen LogP contribution in [0.3, 0.4) is 0 Å². The normalized spacial score (nSPS) is 13.9. The van der Waals surface area contributed by atoms with E-state index in [1.807, 2.05) is 0 Å². The van der Waals surface area contributed by atoms with Crippen LogP contribution in [0.5, 0.6) is 0 Å². The van der Waals surface area contributed by atoms with Crippen molar-refractivity contribution in [2.24, 2.45) is 11.5 Å². The van der Waals surface area contributed by atoms with Crippen LogP contribution in [0.1, 0.15) is 12.8 Å². The first-order valence-electron chi connectivity index (χ1n) is 4.47. The van der Waals surface area contributed by atoms with Crippen molar-refractivity contribution in [3.05, 3.63) is 0 Å². The zero-order chi connectivity index (χ0) is 12.7. The highest BCUT2D eigenvalue weighted by atomic mass is 32.1. The Bertz CT molecular complexity index is 284. The highest BCUT2D eigenvalue weighted by Gasteiger charge is 2.22. The van der Waals surface area contributed by atoms with Crippen molar-refractivity contribution in [3.63, 3.8) is 0 Å². The number of thiol groups is 1. The van der Waals surface area contributed by atoms with Crippen LogP contribution in [-0.4, -0.2) is 40.9 Å². The first-order chi connectivity index (χ1) is 7.38. The van der Waals surface area contributed by atoms with Crippen LogP contribution in [0, 0.1) is 0 Å². The summed E-state index contributed by atoms with van der Waals surface area (Å²) in [4.78, 5) is 32.4. The lowest BCUT2D eigenvalue weighted by atomic mass is 10.2. The standard InChI is InChI=1S/C8H14N2O5S/c9-4(1-2-16)8(14)15-6(11)3-5(10)7(12)13/h4-5,16H,1-3,9-10H2,(H,12,13)/t4-,5-/m0/s1. The molecule has 0 bridgehead atoms. The Hall–Kier alpha value is -1.12. The Kier molecular flexibility index (Phi) is 6.70. The van der Waals surface area contributed by atoms with Crippen LogP contribution in [0.4, 0.5) is 0 Å². The number of carboxylic acids is 1. The van der Waals surface area contributed by atoms with Crippen molar-refractivity contribution in [2.45, 2.75) is 24.9 Å². The number of aliphatic carboxylic acids is 1. The van der Waals surface area contributed by atoms with Crippen molar-refractivity contribution in [3.8, 4) is 0 Å². The molecular weight excluding hydrogens is 236 g/mol. The van der Waals surface area contributed by atoms with Gasteiger partial charge in [0.2, 0.25) is 0 Å². The molecule has 0 aromatic rings. The van der Waals surface area contributed by atoms with Crippen LogP contribution >= 0.6 is 12.6 Å². The fourth-order valence-electron chi connectivity index (χ4n) is 0.753. The first-order valence-corrected chi connectivity index (χ1v) is 5.11. The maximum atomic E-state index is 11.1. The molecule has 0 fully saturated rings. The van der Waals surface area contributed by atoms with Crippen molar-refractivity contribution in [1.82, 2.24) is 0 Å². The first kappa shape index (κ1) is 14.9. The molecule has 0 aliphatic rings. The van der Waals surface area contributed by atoms with Gasteiger partial charge in [0.05, 0.1) is 6.42 Å². The number of hydrogen-bond donors (Lipinski definition) is 4. The minimum atomic E-state index is -1.39. The largest absolute Gasteiger partial charge is 0.480 e. The van der Waals surface area contributed by atoms with Gasteiger partial charge in [0.25, 0.3) is 0 Å². The number of nitrogens with two attached hydrogens (primary N) is 2. The molecule has 0 saturated carbocycles. The van der Waals surface area contributed by atoms with E-state index < -0.39 is 36.4 Å². The summed E-state index contributed by atoms with van der Waals surface area (Å²) in [6.45, 7) is 0. The molecule has 0 aromatic carbocycles. The molecule has 0 aliphatic heterocycles. The van der Waals surface area contributed by atoms with Crippen molar-refractivity contribution >= 4 is 30.5 Å². The summed E-state index contributed by atoms with van der Waals surface area (Å²) in [5, 5.41) is 8.41. The van der Waals surface area contributed by atoms with Crippen molar-refractivity contribution < 1.29 is 24.2 Å². The molecule has 0 aromatic heterocycles. The second kappa shape index (κ2) is 7.20. The van der Waals surface area contributed by atoms with E-state index in [1.54, 1.807) is 0 Å². The van der Waals surface area contributed by atoms with Crippen molar-refractivity contribution in [2.75, 3.05) is 5.75 Å². The van der Waals surface area contributed by atoms with E-state index in [2.05, 4.69) is 17.4 Å². The number of carbonyl (C=O) groups excluding carboxylic acids is 2. The second-order valence-electron chi connectivity index (χ2n) is 3.06. The smallest absolute Gasteiger partial charge is 0.330 e. The quantitative estimate of drug-likeness (QED) is 0.256. The fourth-order valence-corrected chi connectivity index (χ4v) is 1.03. The van der Waals surface area contributed by atoms with Crippen LogP contribution in [0.25, 0.3) is 0 Å². The predicted molar refractivity (Wildman–Crippen MR) is 57.8 cm³/mol. The van der Waals surface area contributed by atoms with E-state index >= 15 is 0 Å². The maximum absolute atomic E-state index is 11.1. The third-order valence-electron chi connectivity index (χ3n) is 1.66. The summed E-state index contributed by atoms with van der Waals surface area (Å²) >= 11 is 3.86. The summed E-state index contributed by atoms with van der Waals surface area (Å²) in [6, 6.07) is -2.33.